The third-order valence-electron chi connectivity index (χ3n) is 3.90. The number of hydrogen-bond acceptors (Lipinski definition) is 3. The zero-order valence-corrected chi connectivity index (χ0v) is 18.4. The van der Waals surface area contributed by atoms with E-state index in [1.807, 2.05) is 36.1 Å². The van der Waals surface area contributed by atoms with Gasteiger partial charge in [0, 0.05) is 26.8 Å². The number of benzene rings is 1. The molecule has 1 aromatic carbocycles. The van der Waals surface area contributed by atoms with Crippen molar-refractivity contribution in [3.63, 3.8) is 0 Å². The van der Waals surface area contributed by atoms with Gasteiger partial charge in [0.25, 0.3) is 0 Å². The monoisotopic (exact) mass is 471 g/mol. The van der Waals surface area contributed by atoms with Crippen molar-refractivity contribution in [3.05, 3.63) is 47.8 Å². The molecule has 1 aromatic heterocycles. The molecular weight excluding hydrogens is 441 g/mol. The van der Waals surface area contributed by atoms with Crippen molar-refractivity contribution in [2.24, 2.45) is 12.0 Å². The zero-order valence-electron chi connectivity index (χ0n) is 16.0. The summed E-state index contributed by atoms with van der Waals surface area (Å²) in [6.07, 6.45) is 6.05. The fourth-order valence-corrected chi connectivity index (χ4v) is 2.51. The molecule has 0 aliphatic rings. The number of guanidine groups is 1. The fourth-order valence-electron chi connectivity index (χ4n) is 2.51. The number of nitrogens with zero attached hydrogens (tertiary/aromatic N) is 3. The van der Waals surface area contributed by atoms with Crippen LogP contribution in [0.2, 0.25) is 0 Å². The predicted octanol–water partition coefficient (Wildman–Crippen LogP) is 2.91. The molecule has 2 aromatic rings. The normalized spacial score (nSPS) is 12.2. The lowest BCUT2D eigenvalue weighted by atomic mass is 10.2. The summed E-state index contributed by atoms with van der Waals surface area (Å²) in [5, 5.41) is 10.8. The summed E-state index contributed by atoms with van der Waals surface area (Å²) >= 11 is 0. The lowest BCUT2D eigenvalue weighted by Gasteiger charge is -2.18. The molecule has 2 rings (SSSR count). The minimum atomic E-state index is 0. The van der Waals surface area contributed by atoms with Crippen LogP contribution >= 0.6 is 24.0 Å². The summed E-state index contributed by atoms with van der Waals surface area (Å²) < 4.78 is 7.80. The average molecular weight is 471 g/mol. The third-order valence-corrected chi connectivity index (χ3v) is 3.90. The Morgan fingerprint density at radius 1 is 1.31 bits per heavy atom. The Kier molecular flexibility index (Phi) is 10.1. The van der Waals surface area contributed by atoms with E-state index in [0.717, 1.165) is 36.7 Å². The molecule has 0 saturated heterocycles. The minimum Gasteiger partial charge on any atom is -0.489 e. The first-order valence-electron chi connectivity index (χ1n) is 8.73. The van der Waals surface area contributed by atoms with Gasteiger partial charge in [-0.3, -0.25) is 9.67 Å². The number of nitrogens with one attached hydrogen (secondary N) is 2. The highest BCUT2D eigenvalue weighted by molar-refractivity contribution is 14.0. The number of aliphatic imine (C=N–C) groups is 1. The van der Waals surface area contributed by atoms with Gasteiger partial charge >= 0.3 is 0 Å². The van der Waals surface area contributed by atoms with E-state index in [4.69, 9.17) is 4.74 Å². The molecule has 7 heteroatoms. The molecular formula is C19H30IN5O. The zero-order chi connectivity index (χ0) is 18.1. The Balaban J connectivity index is 0.00000338. The first-order chi connectivity index (χ1) is 12.1. The SMILES string of the molecule is CN=C(NCCCc1cnn(C)c1)NCC(C)Oc1ccccc1C.I. The standard InChI is InChI=1S/C19H29N5O.HI/c1-15-8-5-6-10-18(15)25-16(2)12-22-19(20-3)21-11-7-9-17-13-23-24(4)14-17;/h5-6,8,10,13-14,16H,7,9,11-12H2,1-4H3,(H2,20,21,22);1H. The van der Waals surface area contributed by atoms with E-state index in [2.05, 4.69) is 46.8 Å². The molecule has 0 bridgehead atoms. The number of ether oxygens (including phenoxy) is 1. The van der Waals surface area contributed by atoms with Crippen LogP contribution in [0, 0.1) is 6.92 Å². The number of rotatable bonds is 8. The molecule has 0 spiro atoms. The van der Waals surface area contributed by atoms with Gasteiger partial charge in [0.05, 0.1) is 12.7 Å². The van der Waals surface area contributed by atoms with Gasteiger partial charge in [-0.05, 0) is 43.9 Å². The van der Waals surface area contributed by atoms with Crippen LogP contribution in [-0.2, 0) is 13.5 Å². The van der Waals surface area contributed by atoms with Crippen molar-refractivity contribution >= 4 is 29.9 Å². The van der Waals surface area contributed by atoms with E-state index in [9.17, 15) is 0 Å². The summed E-state index contributed by atoms with van der Waals surface area (Å²) in [5.74, 6) is 1.72. The van der Waals surface area contributed by atoms with Gasteiger partial charge in [-0.2, -0.15) is 5.10 Å². The highest BCUT2D eigenvalue weighted by atomic mass is 127. The lowest BCUT2D eigenvalue weighted by molar-refractivity contribution is 0.222. The van der Waals surface area contributed by atoms with Crippen LogP contribution in [0.15, 0.2) is 41.7 Å². The second-order valence-corrected chi connectivity index (χ2v) is 6.20. The quantitative estimate of drug-likeness (QED) is 0.269. The maximum absolute atomic E-state index is 5.97. The van der Waals surface area contributed by atoms with Crippen molar-refractivity contribution in [1.82, 2.24) is 20.4 Å². The average Bonchev–Trinajstić information content (AvgIpc) is 3.01. The molecule has 1 unspecified atom stereocenters. The van der Waals surface area contributed by atoms with Gasteiger partial charge in [-0.15, -0.1) is 24.0 Å². The fraction of sp³-hybridized carbons (Fsp3) is 0.474. The van der Waals surface area contributed by atoms with Crippen LogP contribution < -0.4 is 15.4 Å². The predicted molar refractivity (Wildman–Crippen MR) is 118 cm³/mol. The van der Waals surface area contributed by atoms with E-state index in [-0.39, 0.29) is 30.1 Å². The van der Waals surface area contributed by atoms with Crippen LogP contribution in [0.5, 0.6) is 5.75 Å². The van der Waals surface area contributed by atoms with E-state index < -0.39 is 0 Å². The van der Waals surface area contributed by atoms with Crippen molar-refractivity contribution in [1.29, 1.82) is 0 Å². The third kappa shape index (κ3) is 7.63. The number of hydrogen-bond donors (Lipinski definition) is 2. The van der Waals surface area contributed by atoms with Gasteiger partial charge in [-0.1, -0.05) is 18.2 Å². The summed E-state index contributed by atoms with van der Waals surface area (Å²) in [6.45, 7) is 5.66. The number of aromatic nitrogens is 2. The first kappa shape index (κ1) is 22.3. The molecule has 0 saturated carbocycles. The van der Waals surface area contributed by atoms with Gasteiger partial charge < -0.3 is 15.4 Å². The van der Waals surface area contributed by atoms with Crippen molar-refractivity contribution in [2.45, 2.75) is 32.8 Å². The molecule has 2 N–H and O–H groups in total. The molecule has 0 fully saturated rings. The molecule has 0 aliphatic heterocycles. The van der Waals surface area contributed by atoms with E-state index in [1.54, 1.807) is 7.05 Å². The number of halogens is 1. The first-order valence-corrected chi connectivity index (χ1v) is 8.73. The van der Waals surface area contributed by atoms with Crippen molar-refractivity contribution in [3.8, 4) is 5.75 Å². The molecule has 1 heterocycles. The molecule has 1 atom stereocenters. The lowest BCUT2D eigenvalue weighted by Crippen LogP contribution is -2.42. The maximum Gasteiger partial charge on any atom is 0.191 e. The summed E-state index contributed by atoms with van der Waals surface area (Å²) in [5.41, 5.74) is 2.40. The molecule has 0 aliphatic carbocycles. The van der Waals surface area contributed by atoms with E-state index in [0.29, 0.717) is 6.54 Å². The molecule has 0 radical (unpaired) electrons. The minimum absolute atomic E-state index is 0. The molecule has 0 amide bonds. The highest BCUT2D eigenvalue weighted by Gasteiger charge is 2.07. The number of aryl methyl sites for hydroxylation is 3. The molecule has 6 nitrogen and oxygen atoms in total. The summed E-state index contributed by atoms with van der Waals surface area (Å²) in [6, 6.07) is 8.06. The van der Waals surface area contributed by atoms with Crippen LogP contribution in [-0.4, -0.2) is 42.0 Å². The summed E-state index contributed by atoms with van der Waals surface area (Å²) in [4.78, 5) is 4.26. The van der Waals surface area contributed by atoms with Gasteiger partial charge in [0.1, 0.15) is 11.9 Å². The Morgan fingerprint density at radius 3 is 2.73 bits per heavy atom. The Morgan fingerprint density at radius 2 is 2.08 bits per heavy atom. The van der Waals surface area contributed by atoms with Crippen LogP contribution in [0.25, 0.3) is 0 Å². The van der Waals surface area contributed by atoms with Gasteiger partial charge in [-0.25, -0.2) is 0 Å². The number of para-hydroxylation sites is 1. The van der Waals surface area contributed by atoms with Crippen molar-refractivity contribution < 1.29 is 4.74 Å². The second kappa shape index (κ2) is 11.8. The molecule has 26 heavy (non-hydrogen) atoms. The van der Waals surface area contributed by atoms with Gasteiger partial charge in [0.15, 0.2) is 5.96 Å². The van der Waals surface area contributed by atoms with Gasteiger partial charge in [0.2, 0.25) is 0 Å². The largest absolute Gasteiger partial charge is 0.489 e. The Hall–Kier alpha value is -1.77. The van der Waals surface area contributed by atoms with Crippen LogP contribution in [0.3, 0.4) is 0 Å². The second-order valence-electron chi connectivity index (χ2n) is 6.20. The Bertz CT molecular complexity index is 686. The van der Waals surface area contributed by atoms with E-state index >= 15 is 0 Å². The Labute approximate surface area is 173 Å². The molecule has 144 valence electrons. The van der Waals surface area contributed by atoms with Crippen molar-refractivity contribution in [2.75, 3.05) is 20.1 Å². The maximum atomic E-state index is 5.97. The van der Waals surface area contributed by atoms with Crippen LogP contribution in [0.1, 0.15) is 24.5 Å². The smallest absolute Gasteiger partial charge is 0.191 e. The summed E-state index contributed by atoms with van der Waals surface area (Å²) in [7, 11) is 3.72. The van der Waals surface area contributed by atoms with Crippen LogP contribution in [0.4, 0.5) is 0 Å². The topological polar surface area (TPSA) is 63.5 Å². The van der Waals surface area contributed by atoms with E-state index in [1.165, 1.54) is 5.56 Å². The highest BCUT2D eigenvalue weighted by Crippen LogP contribution is 2.17.